The summed E-state index contributed by atoms with van der Waals surface area (Å²) >= 11 is 1.53. The molecule has 1 unspecified atom stereocenters. The summed E-state index contributed by atoms with van der Waals surface area (Å²) in [6, 6.07) is 0.313. The van der Waals surface area contributed by atoms with Crippen LogP contribution in [0.4, 0.5) is 0 Å². The molecule has 3 heterocycles. The second-order valence-corrected chi connectivity index (χ2v) is 5.77. The maximum absolute atomic E-state index is 5.28. The zero-order valence-corrected chi connectivity index (χ0v) is 14.4. The summed E-state index contributed by atoms with van der Waals surface area (Å²) in [6.07, 6.45) is 6.26. The molecule has 0 amide bonds. The molecule has 0 aliphatic carbocycles. The Morgan fingerprint density at radius 2 is 2.17 bits per heavy atom. The minimum atomic E-state index is 0. The third kappa shape index (κ3) is 4.54. The minimum absolute atomic E-state index is 0. The van der Waals surface area contributed by atoms with Gasteiger partial charge in [-0.1, -0.05) is 5.16 Å². The van der Waals surface area contributed by atoms with Crippen LogP contribution < -0.4 is 5.32 Å². The van der Waals surface area contributed by atoms with Crippen molar-refractivity contribution in [3.63, 3.8) is 0 Å². The van der Waals surface area contributed by atoms with E-state index in [0.717, 1.165) is 22.8 Å². The van der Waals surface area contributed by atoms with Crippen LogP contribution in [0.15, 0.2) is 28.5 Å². The summed E-state index contributed by atoms with van der Waals surface area (Å²) in [4.78, 5) is 17.2. The maximum Gasteiger partial charge on any atom is 0.232 e. The molecule has 0 radical (unpaired) electrons. The van der Waals surface area contributed by atoms with E-state index in [0.29, 0.717) is 24.2 Å². The van der Waals surface area contributed by atoms with Gasteiger partial charge in [0.1, 0.15) is 10.7 Å². The number of thiazole rings is 1. The summed E-state index contributed by atoms with van der Waals surface area (Å²) in [5, 5.41) is 9.96. The fourth-order valence-electron chi connectivity index (χ4n) is 1.89. The lowest BCUT2D eigenvalue weighted by Gasteiger charge is -2.04. The zero-order valence-electron chi connectivity index (χ0n) is 12.8. The van der Waals surface area contributed by atoms with Gasteiger partial charge in [-0.25, -0.2) is 4.98 Å². The Hall–Kier alpha value is -1.90. The molecule has 1 atom stereocenters. The van der Waals surface area contributed by atoms with Gasteiger partial charge in [-0.2, -0.15) is 4.98 Å². The molecule has 0 bridgehead atoms. The van der Waals surface area contributed by atoms with Gasteiger partial charge >= 0.3 is 0 Å². The highest BCUT2D eigenvalue weighted by atomic mass is 35.5. The second-order valence-electron chi connectivity index (χ2n) is 4.91. The summed E-state index contributed by atoms with van der Waals surface area (Å²) in [5.74, 6) is 1.29. The molecule has 3 aromatic rings. The Labute approximate surface area is 144 Å². The first kappa shape index (κ1) is 17.5. The van der Waals surface area contributed by atoms with E-state index < -0.39 is 0 Å². The van der Waals surface area contributed by atoms with Crippen molar-refractivity contribution in [2.24, 2.45) is 0 Å². The van der Waals surface area contributed by atoms with Crippen molar-refractivity contribution in [3.8, 4) is 10.7 Å². The minimum Gasteiger partial charge on any atom is -0.339 e. The van der Waals surface area contributed by atoms with E-state index >= 15 is 0 Å². The number of nitrogens with one attached hydrogen (secondary N) is 1. The van der Waals surface area contributed by atoms with Crippen molar-refractivity contribution in [2.75, 3.05) is 7.05 Å². The second kappa shape index (κ2) is 8.09. The molecule has 3 aromatic heterocycles. The molecule has 0 aliphatic rings. The van der Waals surface area contributed by atoms with Crippen LogP contribution in [0.3, 0.4) is 0 Å². The van der Waals surface area contributed by atoms with Crippen molar-refractivity contribution >= 4 is 23.7 Å². The van der Waals surface area contributed by atoms with Gasteiger partial charge in [0.25, 0.3) is 0 Å². The van der Waals surface area contributed by atoms with Gasteiger partial charge in [0, 0.05) is 30.2 Å². The van der Waals surface area contributed by atoms with E-state index in [1.807, 2.05) is 12.4 Å². The van der Waals surface area contributed by atoms with E-state index in [1.54, 1.807) is 18.6 Å². The first-order chi connectivity index (χ1) is 10.7. The monoisotopic (exact) mass is 352 g/mol. The maximum atomic E-state index is 5.28. The average Bonchev–Trinajstić information content (AvgIpc) is 3.18. The SMILES string of the molecule is CNC(C)Cc1noc(Cc2csc(-c3cnccn3)n2)n1.Cl. The molecule has 7 nitrogen and oxygen atoms in total. The van der Waals surface area contributed by atoms with Crippen molar-refractivity contribution in [2.45, 2.75) is 25.8 Å². The molecular formula is C14H17ClN6OS. The molecule has 0 fully saturated rings. The first-order valence-electron chi connectivity index (χ1n) is 6.94. The molecular weight excluding hydrogens is 336 g/mol. The van der Waals surface area contributed by atoms with Crippen LogP contribution in [-0.4, -0.2) is 38.2 Å². The van der Waals surface area contributed by atoms with Crippen LogP contribution in [0.2, 0.25) is 0 Å². The molecule has 0 aliphatic heterocycles. The highest BCUT2D eigenvalue weighted by Gasteiger charge is 2.12. The fourth-order valence-corrected chi connectivity index (χ4v) is 2.67. The van der Waals surface area contributed by atoms with Gasteiger partial charge in [-0.15, -0.1) is 23.7 Å². The lowest BCUT2D eigenvalue weighted by molar-refractivity contribution is 0.376. The Bertz CT molecular complexity index is 732. The Morgan fingerprint density at radius 1 is 1.30 bits per heavy atom. The summed E-state index contributed by atoms with van der Waals surface area (Å²) in [6.45, 7) is 2.07. The van der Waals surface area contributed by atoms with Gasteiger partial charge in [0.2, 0.25) is 5.89 Å². The number of aromatic nitrogens is 5. The van der Waals surface area contributed by atoms with E-state index in [1.165, 1.54) is 11.3 Å². The topological polar surface area (TPSA) is 89.6 Å². The van der Waals surface area contributed by atoms with Crippen molar-refractivity contribution in [1.82, 2.24) is 30.4 Å². The number of hydrogen-bond donors (Lipinski definition) is 1. The van der Waals surface area contributed by atoms with Crippen molar-refractivity contribution < 1.29 is 4.52 Å². The van der Waals surface area contributed by atoms with Crippen LogP contribution >= 0.6 is 23.7 Å². The molecule has 0 aromatic carbocycles. The van der Waals surface area contributed by atoms with Crippen LogP contribution in [-0.2, 0) is 12.8 Å². The zero-order chi connectivity index (χ0) is 15.4. The van der Waals surface area contributed by atoms with Gasteiger partial charge in [0.05, 0.1) is 18.3 Å². The lowest BCUT2D eigenvalue weighted by Crippen LogP contribution is -2.24. The number of nitrogens with zero attached hydrogens (tertiary/aromatic N) is 5. The third-order valence-corrected chi connectivity index (χ3v) is 4.07. The van der Waals surface area contributed by atoms with E-state index in [2.05, 4.69) is 37.3 Å². The number of rotatable bonds is 6. The molecule has 9 heteroatoms. The van der Waals surface area contributed by atoms with Gasteiger partial charge < -0.3 is 9.84 Å². The Morgan fingerprint density at radius 3 is 2.91 bits per heavy atom. The number of hydrogen-bond acceptors (Lipinski definition) is 8. The molecule has 122 valence electrons. The molecule has 3 rings (SSSR count). The summed E-state index contributed by atoms with van der Waals surface area (Å²) in [5.41, 5.74) is 1.66. The third-order valence-electron chi connectivity index (χ3n) is 3.16. The average molecular weight is 353 g/mol. The van der Waals surface area contributed by atoms with Gasteiger partial charge in [-0.05, 0) is 14.0 Å². The number of halogens is 1. The van der Waals surface area contributed by atoms with Gasteiger partial charge in [0.15, 0.2) is 5.82 Å². The predicted octanol–water partition coefficient (Wildman–Crippen LogP) is 2.15. The number of likely N-dealkylation sites (N-methyl/N-ethyl adjacent to an activating group) is 1. The first-order valence-corrected chi connectivity index (χ1v) is 7.82. The molecule has 0 saturated heterocycles. The lowest BCUT2D eigenvalue weighted by atomic mass is 10.2. The smallest absolute Gasteiger partial charge is 0.232 e. The molecule has 1 N–H and O–H groups in total. The van der Waals surface area contributed by atoms with Crippen molar-refractivity contribution in [1.29, 1.82) is 0 Å². The van der Waals surface area contributed by atoms with Crippen LogP contribution in [0.1, 0.15) is 24.3 Å². The van der Waals surface area contributed by atoms with E-state index in [-0.39, 0.29) is 12.4 Å². The van der Waals surface area contributed by atoms with Gasteiger partial charge in [-0.3, -0.25) is 9.97 Å². The largest absolute Gasteiger partial charge is 0.339 e. The predicted molar refractivity (Wildman–Crippen MR) is 89.7 cm³/mol. The standard InChI is InChI=1S/C14H16N6OS.ClH/c1-9(15-2)5-12-19-13(21-20-12)6-10-8-22-14(18-10)11-7-16-3-4-17-11;/h3-4,7-9,15H,5-6H2,1-2H3;1H. The van der Waals surface area contributed by atoms with E-state index in [9.17, 15) is 0 Å². The fraction of sp³-hybridized carbons (Fsp3) is 0.357. The van der Waals surface area contributed by atoms with Crippen LogP contribution in [0.5, 0.6) is 0 Å². The Balaban J connectivity index is 0.00000192. The molecule has 0 spiro atoms. The Kier molecular flexibility index (Phi) is 6.14. The highest BCUT2D eigenvalue weighted by Crippen LogP contribution is 2.21. The van der Waals surface area contributed by atoms with E-state index in [4.69, 9.17) is 4.52 Å². The molecule has 23 heavy (non-hydrogen) atoms. The van der Waals surface area contributed by atoms with Crippen molar-refractivity contribution in [3.05, 3.63) is 41.4 Å². The highest BCUT2D eigenvalue weighted by molar-refractivity contribution is 7.13. The van der Waals surface area contributed by atoms with Crippen LogP contribution in [0.25, 0.3) is 10.7 Å². The summed E-state index contributed by atoms with van der Waals surface area (Å²) in [7, 11) is 1.91. The normalized spacial score (nSPS) is 11.9. The summed E-state index contributed by atoms with van der Waals surface area (Å²) < 4.78 is 5.28. The van der Waals surface area contributed by atoms with Crippen LogP contribution in [0, 0.1) is 0 Å². The quantitative estimate of drug-likeness (QED) is 0.726. The molecule has 0 saturated carbocycles.